The second kappa shape index (κ2) is 6.14. The smallest absolute Gasteiger partial charge is 0.262 e. The Morgan fingerprint density at radius 1 is 1.48 bits per heavy atom. The fraction of sp³-hybridized carbons (Fsp3) is 0.375. The van der Waals surface area contributed by atoms with Gasteiger partial charge in [-0.25, -0.2) is 4.98 Å². The molecule has 0 unspecified atom stereocenters. The van der Waals surface area contributed by atoms with E-state index in [9.17, 15) is 9.59 Å². The highest BCUT2D eigenvalue weighted by atomic mass is 79.9. The van der Waals surface area contributed by atoms with Crippen LogP contribution < -0.4 is 15.4 Å². The first-order chi connectivity index (χ1) is 12.0. The Morgan fingerprint density at radius 3 is 3.04 bits per heavy atom. The lowest BCUT2D eigenvalue weighted by molar-refractivity contribution is -0.118. The zero-order valence-corrected chi connectivity index (χ0v) is 15.1. The number of halogens is 1. The number of carbonyl (C=O) groups is 2. The van der Waals surface area contributed by atoms with Crippen molar-refractivity contribution < 1.29 is 14.3 Å². The van der Waals surface area contributed by atoms with Crippen LogP contribution in [0.25, 0.3) is 0 Å². The van der Waals surface area contributed by atoms with Crippen molar-refractivity contribution in [2.45, 2.75) is 25.3 Å². The molecule has 0 atom stereocenters. The summed E-state index contributed by atoms with van der Waals surface area (Å²) in [4.78, 5) is 28.7. The molecule has 1 aromatic heterocycles. The average molecular weight is 406 g/mol. The number of benzene rings is 1. The summed E-state index contributed by atoms with van der Waals surface area (Å²) in [6.07, 6.45) is 2.25. The predicted octanol–water partition coefficient (Wildman–Crippen LogP) is 1.72. The van der Waals surface area contributed by atoms with E-state index < -0.39 is 0 Å². The van der Waals surface area contributed by atoms with E-state index in [4.69, 9.17) is 4.74 Å². The van der Waals surface area contributed by atoms with Gasteiger partial charge in [0, 0.05) is 17.4 Å². The number of ether oxygens (including phenoxy) is 1. The van der Waals surface area contributed by atoms with Crippen LogP contribution in [0.1, 0.15) is 40.8 Å². The van der Waals surface area contributed by atoms with Gasteiger partial charge in [0.1, 0.15) is 11.6 Å². The molecule has 130 valence electrons. The fourth-order valence-electron chi connectivity index (χ4n) is 2.68. The van der Waals surface area contributed by atoms with Crippen LogP contribution >= 0.6 is 15.9 Å². The Labute approximate surface area is 152 Å². The fourth-order valence-corrected chi connectivity index (χ4v) is 3.12. The molecule has 1 saturated carbocycles. The minimum absolute atomic E-state index is 0.0621. The maximum atomic E-state index is 12.6. The number of hydrogen-bond acceptors (Lipinski definition) is 5. The van der Waals surface area contributed by atoms with Crippen LogP contribution in [0, 0.1) is 0 Å². The molecule has 25 heavy (non-hydrogen) atoms. The number of nitrogens with zero attached hydrogens (tertiary/aromatic N) is 3. The molecule has 0 saturated heterocycles. The van der Waals surface area contributed by atoms with E-state index in [1.165, 1.54) is 0 Å². The Kier molecular flexibility index (Phi) is 3.95. The van der Waals surface area contributed by atoms with Gasteiger partial charge in [-0.3, -0.25) is 14.3 Å². The Bertz CT molecular complexity index is 875. The van der Waals surface area contributed by atoms with E-state index in [0.717, 1.165) is 18.7 Å². The number of rotatable bonds is 4. The normalized spacial score (nSPS) is 16.0. The van der Waals surface area contributed by atoms with E-state index in [0.29, 0.717) is 33.2 Å². The molecule has 1 aliphatic heterocycles. The first-order valence-electron chi connectivity index (χ1n) is 7.95. The lowest BCUT2D eigenvalue weighted by Crippen LogP contribution is -2.30. The first-order valence-corrected chi connectivity index (χ1v) is 8.75. The molecule has 2 aliphatic rings. The molecular formula is C16H16BrN5O3. The van der Waals surface area contributed by atoms with E-state index in [1.54, 1.807) is 16.8 Å². The van der Waals surface area contributed by atoms with Crippen LogP contribution in [0.3, 0.4) is 0 Å². The summed E-state index contributed by atoms with van der Waals surface area (Å²) in [6, 6.07) is 3.37. The van der Waals surface area contributed by atoms with Gasteiger partial charge >= 0.3 is 0 Å². The maximum absolute atomic E-state index is 12.6. The van der Waals surface area contributed by atoms with Crippen molar-refractivity contribution in [3.8, 4) is 5.75 Å². The van der Waals surface area contributed by atoms with Crippen molar-refractivity contribution in [1.29, 1.82) is 0 Å². The number of aryl methyl sites for hydroxylation is 1. The summed E-state index contributed by atoms with van der Waals surface area (Å²) in [6.45, 7) is 0.193. The van der Waals surface area contributed by atoms with E-state index in [1.807, 2.05) is 7.05 Å². The average Bonchev–Trinajstić information content (AvgIpc) is 3.36. The third-order valence-corrected chi connectivity index (χ3v) is 4.61. The van der Waals surface area contributed by atoms with Gasteiger partial charge in [-0.2, -0.15) is 5.10 Å². The molecule has 0 spiro atoms. The first kappa shape index (κ1) is 16.1. The quantitative estimate of drug-likeness (QED) is 0.806. The number of carbonyl (C=O) groups excluding carboxylic acids is 2. The highest BCUT2D eigenvalue weighted by molar-refractivity contribution is 9.10. The third-order valence-electron chi connectivity index (χ3n) is 4.15. The Balaban J connectivity index is 1.53. The molecule has 2 heterocycles. The summed E-state index contributed by atoms with van der Waals surface area (Å²) in [7, 11) is 1.81. The number of fused-ring (bicyclic) bond motifs is 1. The largest absolute Gasteiger partial charge is 0.482 e. The molecule has 1 aliphatic carbocycles. The second-order valence-electron chi connectivity index (χ2n) is 6.13. The van der Waals surface area contributed by atoms with Gasteiger partial charge in [0.05, 0.1) is 17.8 Å². The molecule has 0 bridgehead atoms. The highest BCUT2D eigenvalue weighted by Gasteiger charge is 2.29. The van der Waals surface area contributed by atoms with Gasteiger partial charge in [0.25, 0.3) is 11.8 Å². The van der Waals surface area contributed by atoms with Gasteiger partial charge in [-0.1, -0.05) is 15.9 Å². The summed E-state index contributed by atoms with van der Waals surface area (Å²) >= 11 is 3.36. The standard InChI is InChI=1S/C16H16BrN5O3/c1-22-12(19-15(21-22)8-2-3-8)6-18-16(24)10-4-9(17)5-11-14(10)20-13(23)7-25-11/h4-5,8H,2-3,6-7H2,1H3,(H,18,24)(H,20,23). The lowest BCUT2D eigenvalue weighted by Gasteiger charge is -2.21. The number of amides is 2. The van der Waals surface area contributed by atoms with Gasteiger partial charge < -0.3 is 15.4 Å². The summed E-state index contributed by atoms with van der Waals surface area (Å²) < 4.78 is 7.76. The molecule has 4 rings (SSSR count). The molecule has 9 heteroatoms. The van der Waals surface area contributed by atoms with Gasteiger partial charge in [0.15, 0.2) is 12.4 Å². The minimum Gasteiger partial charge on any atom is -0.482 e. The van der Waals surface area contributed by atoms with Crippen molar-refractivity contribution in [3.05, 3.63) is 33.8 Å². The number of nitrogens with one attached hydrogen (secondary N) is 2. The molecule has 2 aromatic rings. The molecule has 1 aromatic carbocycles. The van der Waals surface area contributed by atoms with Crippen molar-refractivity contribution in [3.63, 3.8) is 0 Å². The number of aromatic nitrogens is 3. The van der Waals surface area contributed by atoms with Gasteiger partial charge in [-0.05, 0) is 25.0 Å². The zero-order chi connectivity index (χ0) is 17.6. The molecule has 2 amide bonds. The lowest BCUT2D eigenvalue weighted by atomic mass is 10.1. The molecule has 0 radical (unpaired) electrons. The monoisotopic (exact) mass is 405 g/mol. The van der Waals surface area contributed by atoms with E-state index in [2.05, 4.69) is 36.6 Å². The van der Waals surface area contributed by atoms with Crippen molar-refractivity contribution in [1.82, 2.24) is 20.1 Å². The van der Waals surface area contributed by atoms with Gasteiger partial charge in [0.2, 0.25) is 0 Å². The molecule has 8 nitrogen and oxygen atoms in total. The number of hydrogen-bond donors (Lipinski definition) is 2. The minimum atomic E-state index is -0.320. The van der Waals surface area contributed by atoms with Crippen molar-refractivity contribution in [2.24, 2.45) is 7.05 Å². The SMILES string of the molecule is Cn1nc(C2CC2)nc1CNC(=O)c1cc(Br)cc2c1NC(=O)CO2. The molecular weight excluding hydrogens is 390 g/mol. The third kappa shape index (κ3) is 3.23. The summed E-state index contributed by atoms with van der Waals surface area (Å²) in [5.41, 5.74) is 0.718. The summed E-state index contributed by atoms with van der Waals surface area (Å²) in [5.74, 6) is 1.85. The van der Waals surface area contributed by atoms with Crippen LogP contribution in [0.2, 0.25) is 0 Å². The maximum Gasteiger partial charge on any atom is 0.262 e. The van der Waals surface area contributed by atoms with Crippen LogP contribution in [0.15, 0.2) is 16.6 Å². The van der Waals surface area contributed by atoms with E-state index in [-0.39, 0.29) is 25.0 Å². The zero-order valence-electron chi connectivity index (χ0n) is 13.5. The van der Waals surface area contributed by atoms with Crippen LogP contribution in [0.5, 0.6) is 5.75 Å². The van der Waals surface area contributed by atoms with E-state index >= 15 is 0 Å². The topological polar surface area (TPSA) is 98.1 Å². The predicted molar refractivity (Wildman–Crippen MR) is 92.4 cm³/mol. The van der Waals surface area contributed by atoms with Crippen LogP contribution in [0.4, 0.5) is 5.69 Å². The second-order valence-corrected chi connectivity index (χ2v) is 7.05. The van der Waals surface area contributed by atoms with Crippen LogP contribution in [-0.4, -0.2) is 33.2 Å². The van der Waals surface area contributed by atoms with Crippen molar-refractivity contribution >= 4 is 33.4 Å². The number of anilines is 1. The van der Waals surface area contributed by atoms with Crippen LogP contribution in [-0.2, 0) is 18.4 Å². The highest BCUT2D eigenvalue weighted by Crippen LogP contribution is 2.38. The van der Waals surface area contributed by atoms with Gasteiger partial charge in [-0.15, -0.1) is 0 Å². The summed E-state index contributed by atoms with van der Waals surface area (Å²) in [5, 5.41) is 9.91. The Morgan fingerprint density at radius 2 is 2.28 bits per heavy atom. The molecule has 2 N–H and O–H groups in total. The Hall–Kier alpha value is -2.42. The van der Waals surface area contributed by atoms with Crippen molar-refractivity contribution in [2.75, 3.05) is 11.9 Å². The molecule has 1 fully saturated rings.